The van der Waals surface area contributed by atoms with Gasteiger partial charge in [0, 0.05) is 30.7 Å². The summed E-state index contributed by atoms with van der Waals surface area (Å²) in [5.74, 6) is 0.818. The van der Waals surface area contributed by atoms with E-state index in [1.165, 1.54) is 24.2 Å². The molecule has 8 nitrogen and oxygen atoms in total. The van der Waals surface area contributed by atoms with Gasteiger partial charge in [-0.25, -0.2) is 0 Å². The average molecular weight is 481 g/mol. The Morgan fingerprint density at radius 1 is 0.912 bits per heavy atom. The minimum absolute atomic E-state index is 0.0812. The van der Waals surface area contributed by atoms with Crippen LogP contribution in [-0.2, 0) is 22.4 Å². The van der Waals surface area contributed by atoms with Crippen molar-refractivity contribution in [1.29, 1.82) is 0 Å². The second-order valence-electron chi connectivity index (χ2n) is 9.59. The first-order chi connectivity index (χ1) is 16.5. The zero-order valence-corrected chi connectivity index (χ0v) is 20.8. The summed E-state index contributed by atoms with van der Waals surface area (Å²) in [7, 11) is 0. The highest BCUT2D eigenvalue weighted by atomic mass is 32.1. The Labute approximate surface area is 204 Å². The number of hydrogen-bond donors (Lipinski definition) is 0. The van der Waals surface area contributed by atoms with Gasteiger partial charge in [-0.15, -0.1) is 10.2 Å². The van der Waals surface area contributed by atoms with E-state index in [4.69, 9.17) is 5.10 Å². The van der Waals surface area contributed by atoms with Gasteiger partial charge in [-0.05, 0) is 57.9 Å². The lowest BCUT2D eigenvalue weighted by molar-refractivity contribution is -0.134. The molecule has 2 aliphatic heterocycles. The fourth-order valence-electron chi connectivity index (χ4n) is 5.20. The van der Waals surface area contributed by atoms with Crippen LogP contribution in [0.2, 0.25) is 0 Å². The number of piperidine rings is 2. The topological polar surface area (TPSA) is 83.7 Å². The molecule has 0 bridgehead atoms. The number of nitrogens with zero attached hydrogens (tertiary/aromatic N) is 6. The van der Waals surface area contributed by atoms with Gasteiger partial charge in [0.25, 0.3) is 0 Å². The number of rotatable bonds is 5. The number of aromatic nitrogens is 4. The molecule has 2 atom stereocenters. The van der Waals surface area contributed by atoms with Crippen molar-refractivity contribution in [3.8, 4) is 10.6 Å². The van der Waals surface area contributed by atoms with Crippen molar-refractivity contribution >= 4 is 28.1 Å². The zero-order chi connectivity index (χ0) is 23.7. The summed E-state index contributed by atoms with van der Waals surface area (Å²) in [5, 5.41) is 14.1. The van der Waals surface area contributed by atoms with Gasteiger partial charge in [0.2, 0.25) is 16.8 Å². The molecule has 0 unspecified atom stereocenters. The second-order valence-corrected chi connectivity index (χ2v) is 10.5. The monoisotopic (exact) mass is 480 g/mol. The van der Waals surface area contributed by atoms with Crippen molar-refractivity contribution in [3.05, 3.63) is 35.7 Å². The molecule has 0 N–H and O–H groups in total. The normalized spacial score (nSPS) is 21.2. The summed E-state index contributed by atoms with van der Waals surface area (Å²) in [6.45, 7) is 5.90. The van der Waals surface area contributed by atoms with Crippen molar-refractivity contribution in [1.82, 2.24) is 29.6 Å². The van der Waals surface area contributed by atoms with Crippen molar-refractivity contribution in [3.63, 3.8) is 0 Å². The molecule has 0 radical (unpaired) electrons. The highest BCUT2D eigenvalue weighted by Gasteiger charge is 2.27. The van der Waals surface area contributed by atoms with Crippen LogP contribution in [0.5, 0.6) is 0 Å². The Morgan fingerprint density at radius 3 is 2.24 bits per heavy atom. The van der Waals surface area contributed by atoms with E-state index in [0.717, 1.165) is 54.9 Å². The predicted molar refractivity (Wildman–Crippen MR) is 132 cm³/mol. The maximum Gasteiger partial charge on any atom is 0.234 e. The first-order valence-electron chi connectivity index (χ1n) is 12.4. The van der Waals surface area contributed by atoms with Crippen molar-refractivity contribution in [2.45, 2.75) is 77.3 Å². The molecule has 2 fully saturated rings. The van der Waals surface area contributed by atoms with Crippen molar-refractivity contribution in [2.24, 2.45) is 0 Å². The van der Waals surface area contributed by atoms with Crippen LogP contribution in [0.3, 0.4) is 0 Å². The molecule has 2 aliphatic rings. The van der Waals surface area contributed by atoms with E-state index in [-0.39, 0.29) is 24.3 Å². The van der Waals surface area contributed by atoms with Gasteiger partial charge in [-0.3, -0.25) is 9.59 Å². The molecule has 0 saturated carbocycles. The Hall–Kier alpha value is -2.81. The zero-order valence-electron chi connectivity index (χ0n) is 19.9. The number of carbonyl (C=O) groups excluding carboxylic acids is 2. The van der Waals surface area contributed by atoms with E-state index < -0.39 is 0 Å². The van der Waals surface area contributed by atoms with Crippen LogP contribution in [-0.4, -0.2) is 66.6 Å². The quantitative estimate of drug-likeness (QED) is 0.556. The Kier molecular flexibility index (Phi) is 6.63. The SMILES string of the molecule is C[C@@H]1CCCCN1C(=O)Cc1ccccc1-c1nn2c(CC(=O)N3CCCC[C@@H]3C)nnc2s1. The Balaban J connectivity index is 1.37. The number of carbonyl (C=O) groups is 2. The van der Waals surface area contributed by atoms with Crippen molar-refractivity contribution in [2.75, 3.05) is 13.1 Å². The lowest BCUT2D eigenvalue weighted by atomic mass is 10.0. The minimum atomic E-state index is 0.0812. The fraction of sp³-hybridized carbons (Fsp3) is 0.560. The van der Waals surface area contributed by atoms with Crippen LogP contribution in [0.25, 0.3) is 15.5 Å². The Morgan fingerprint density at radius 2 is 1.56 bits per heavy atom. The molecule has 1 aromatic carbocycles. The van der Waals surface area contributed by atoms with E-state index in [1.54, 1.807) is 4.52 Å². The summed E-state index contributed by atoms with van der Waals surface area (Å²) < 4.78 is 1.69. The Bertz CT molecular complexity index is 1190. The van der Waals surface area contributed by atoms with Crippen LogP contribution in [0.1, 0.15) is 63.8 Å². The van der Waals surface area contributed by atoms with E-state index in [9.17, 15) is 9.59 Å². The molecule has 34 heavy (non-hydrogen) atoms. The van der Waals surface area contributed by atoms with Gasteiger partial charge < -0.3 is 9.80 Å². The highest BCUT2D eigenvalue weighted by molar-refractivity contribution is 7.19. The third-order valence-corrected chi connectivity index (χ3v) is 8.13. The smallest absolute Gasteiger partial charge is 0.234 e. The van der Waals surface area contributed by atoms with Crippen LogP contribution in [0.4, 0.5) is 0 Å². The summed E-state index contributed by atoms with van der Waals surface area (Å²) in [6, 6.07) is 8.52. The van der Waals surface area contributed by atoms with Gasteiger partial charge in [0.1, 0.15) is 5.01 Å². The summed E-state index contributed by atoms with van der Waals surface area (Å²) in [4.78, 5) is 30.6. The number of hydrogen-bond acceptors (Lipinski definition) is 6. The minimum Gasteiger partial charge on any atom is -0.340 e. The lowest BCUT2D eigenvalue weighted by Gasteiger charge is -2.33. The largest absolute Gasteiger partial charge is 0.340 e. The highest BCUT2D eigenvalue weighted by Crippen LogP contribution is 2.30. The molecule has 0 spiro atoms. The molecule has 180 valence electrons. The summed E-state index contributed by atoms with van der Waals surface area (Å²) >= 11 is 1.44. The van der Waals surface area contributed by atoms with Gasteiger partial charge in [-0.2, -0.15) is 9.61 Å². The molecular formula is C25H32N6O2S. The first kappa shape index (κ1) is 23.0. The average Bonchev–Trinajstić information content (AvgIpc) is 3.42. The van der Waals surface area contributed by atoms with Crippen molar-refractivity contribution < 1.29 is 9.59 Å². The predicted octanol–water partition coefficient (Wildman–Crippen LogP) is 3.74. The molecule has 4 heterocycles. The molecule has 2 saturated heterocycles. The number of fused-ring (bicyclic) bond motifs is 1. The van der Waals surface area contributed by atoms with Gasteiger partial charge in [0.05, 0.1) is 12.8 Å². The number of likely N-dealkylation sites (tertiary alicyclic amines) is 2. The van der Waals surface area contributed by atoms with Crippen LogP contribution >= 0.6 is 11.3 Å². The van der Waals surface area contributed by atoms with Crippen LogP contribution in [0.15, 0.2) is 24.3 Å². The molecule has 2 amide bonds. The van der Waals surface area contributed by atoms with Crippen LogP contribution < -0.4 is 0 Å². The summed E-state index contributed by atoms with van der Waals surface area (Å²) in [6.07, 6.45) is 7.17. The molecule has 9 heteroatoms. The van der Waals surface area contributed by atoms with E-state index in [1.807, 2.05) is 34.1 Å². The molecule has 2 aromatic heterocycles. The van der Waals surface area contributed by atoms with E-state index in [2.05, 4.69) is 24.0 Å². The van der Waals surface area contributed by atoms with Gasteiger partial charge in [0.15, 0.2) is 5.82 Å². The standard InChI is InChI=1S/C25H32N6O2S/c1-17-9-5-7-13-29(17)22(32)15-19-11-3-4-12-20(19)24-28-31-21(26-27-25(31)34-24)16-23(33)30-14-8-6-10-18(30)2/h3-4,11-12,17-18H,5-10,13-16H2,1-2H3/t17-,18+/m1/s1. The number of benzene rings is 1. The third kappa shape index (κ3) is 4.58. The van der Waals surface area contributed by atoms with E-state index >= 15 is 0 Å². The molecule has 3 aromatic rings. The molecular weight excluding hydrogens is 448 g/mol. The molecule has 5 rings (SSSR count). The van der Waals surface area contributed by atoms with Crippen LogP contribution in [0, 0.1) is 0 Å². The lowest BCUT2D eigenvalue weighted by Crippen LogP contribution is -2.43. The third-order valence-electron chi connectivity index (χ3n) is 7.20. The van der Waals surface area contributed by atoms with Gasteiger partial charge >= 0.3 is 0 Å². The number of amides is 2. The summed E-state index contributed by atoms with van der Waals surface area (Å²) in [5.41, 5.74) is 1.91. The molecule has 0 aliphatic carbocycles. The second kappa shape index (κ2) is 9.82. The first-order valence-corrected chi connectivity index (χ1v) is 13.2. The van der Waals surface area contributed by atoms with E-state index in [0.29, 0.717) is 23.2 Å². The van der Waals surface area contributed by atoms with Gasteiger partial charge in [-0.1, -0.05) is 35.6 Å². The maximum atomic E-state index is 13.1. The maximum absolute atomic E-state index is 13.1. The fourth-order valence-corrected chi connectivity index (χ4v) is 6.12.